The second-order valence-electron chi connectivity index (χ2n) is 19.5. The highest BCUT2D eigenvalue weighted by atomic mass is 16.3. The standard InChI is InChI=1S/C53H51BN2O/c1-32-18-14-15-21-38(32)45-42-30-35(52(5,6)7)29-41-40-28-36(53(8,9)10)31-43-46(40)54(56(48(41)42)47(45)33-19-12-11-13-20-33)50-49(39-22-16-17-23-44(39)57-50)55(43)37-26-24-34(25-27-37)51(2,3)4/h11-31H,1-10H3. The molecule has 0 aliphatic carbocycles. The van der Waals surface area contributed by atoms with Gasteiger partial charge in [-0.05, 0) is 110 Å². The molecule has 0 unspecified atom stereocenters. The van der Waals surface area contributed by atoms with Crippen LogP contribution in [0.15, 0.2) is 132 Å². The maximum atomic E-state index is 7.26. The molecule has 4 heterocycles. The summed E-state index contributed by atoms with van der Waals surface area (Å²) in [5.41, 5.74) is 20.6. The molecule has 0 saturated heterocycles. The molecule has 10 rings (SSSR count). The first-order chi connectivity index (χ1) is 27.1. The number of para-hydroxylation sites is 1. The number of aryl methyl sites for hydroxylation is 1. The Balaban J connectivity index is 1.43. The van der Waals surface area contributed by atoms with Crippen LogP contribution in [0.2, 0.25) is 0 Å². The summed E-state index contributed by atoms with van der Waals surface area (Å²) in [6.45, 7) is 23.0. The molecular weight excluding hydrogens is 691 g/mol. The van der Waals surface area contributed by atoms with Gasteiger partial charge in [-0.2, -0.15) is 0 Å². The molecule has 0 N–H and O–H groups in total. The van der Waals surface area contributed by atoms with Crippen molar-refractivity contribution in [3.8, 4) is 33.5 Å². The van der Waals surface area contributed by atoms with Crippen LogP contribution in [0.4, 0.5) is 17.1 Å². The van der Waals surface area contributed by atoms with Crippen molar-refractivity contribution in [2.45, 2.75) is 85.5 Å². The van der Waals surface area contributed by atoms with Crippen molar-refractivity contribution in [2.24, 2.45) is 0 Å². The Morgan fingerprint density at radius 2 is 1.16 bits per heavy atom. The molecule has 3 nitrogen and oxygen atoms in total. The average molecular weight is 743 g/mol. The quantitative estimate of drug-likeness (QED) is 0.168. The molecule has 2 aliphatic heterocycles. The minimum atomic E-state index is -0.208. The van der Waals surface area contributed by atoms with Gasteiger partial charge in [0, 0.05) is 44.5 Å². The van der Waals surface area contributed by atoms with Crippen molar-refractivity contribution in [3.05, 3.63) is 150 Å². The van der Waals surface area contributed by atoms with Crippen LogP contribution in [0.1, 0.15) is 84.6 Å². The van der Waals surface area contributed by atoms with Crippen molar-refractivity contribution < 1.29 is 4.42 Å². The van der Waals surface area contributed by atoms with Gasteiger partial charge in [0.05, 0.1) is 5.69 Å². The molecule has 0 amide bonds. The number of nitrogens with zero attached hydrogens (tertiary/aromatic N) is 2. The first kappa shape index (κ1) is 35.7. The Morgan fingerprint density at radius 3 is 1.84 bits per heavy atom. The Kier molecular flexibility index (Phi) is 7.59. The summed E-state index contributed by atoms with van der Waals surface area (Å²) >= 11 is 0. The Hall–Kier alpha value is -5.74. The minimum Gasteiger partial charge on any atom is -0.466 e. The number of benzene rings is 6. The van der Waals surface area contributed by atoms with Crippen LogP contribution in [-0.4, -0.2) is 11.3 Å². The van der Waals surface area contributed by atoms with Crippen LogP contribution in [0.5, 0.6) is 0 Å². The van der Waals surface area contributed by atoms with Crippen LogP contribution < -0.4 is 16.0 Å². The summed E-state index contributed by atoms with van der Waals surface area (Å²) in [5, 5.41) is 2.41. The molecule has 0 bridgehead atoms. The summed E-state index contributed by atoms with van der Waals surface area (Å²) in [4.78, 5) is 2.52. The second kappa shape index (κ2) is 12.1. The Labute approximate surface area is 338 Å². The van der Waals surface area contributed by atoms with E-state index in [1.165, 1.54) is 77.8 Å². The van der Waals surface area contributed by atoms with Crippen LogP contribution in [0.3, 0.4) is 0 Å². The van der Waals surface area contributed by atoms with Crippen molar-refractivity contribution in [1.82, 2.24) is 4.48 Å². The van der Waals surface area contributed by atoms with E-state index in [1.54, 1.807) is 0 Å². The van der Waals surface area contributed by atoms with Gasteiger partial charge in [0.2, 0.25) is 0 Å². The van der Waals surface area contributed by atoms with Crippen molar-refractivity contribution in [2.75, 3.05) is 4.90 Å². The SMILES string of the molecule is Cc1ccccc1-c1c(-c2ccccc2)n2c3c(cc(C(C)(C)C)cc13)-c1cc(C(C)(C)C)cc3c1B2c1oc2ccccc2c1N3c1ccc(C(C)(C)C)cc1. The van der Waals surface area contributed by atoms with E-state index in [2.05, 4.69) is 206 Å². The molecule has 57 heavy (non-hydrogen) atoms. The zero-order valence-electron chi connectivity index (χ0n) is 35.0. The zero-order chi connectivity index (χ0) is 39.8. The van der Waals surface area contributed by atoms with Crippen LogP contribution in [0.25, 0.3) is 55.4 Å². The predicted molar refractivity (Wildman–Crippen MR) is 244 cm³/mol. The molecule has 0 atom stereocenters. The molecule has 282 valence electrons. The fourth-order valence-electron chi connectivity index (χ4n) is 9.46. The van der Waals surface area contributed by atoms with E-state index in [9.17, 15) is 0 Å². The lowest BCUT2D eigenvalue weighted by atomic mass is 9.47. The highest BCUT2D eigenvalue weighted by Crippen LogP contribution is 2.52. The first-order valence-corrected chi connectivity index (χ1v) is 20.6. The largest absolute Gasteiger partial charge is 0.466 e. The van der Waals surface area contributed by atoms with Crippen molar-refractivity contribution >= 4 is 56.9 Å². The lowest BCUT2D eigenvalue weighted by Gasteiger charge is -2.40. The molecule has 6 aromatic carbocycles. The first-order valence-electron chi connectivity index (χ1n) is 20.6. The van der Waals surface area contributed by atoms with Gasteiger partial charge in [-0.25, -0.2) is 0 Å². The van der Waals surface area contributed by atoms with Crippen LogP contribution >= 0.6 is 0 Å². The normalized spacial score (nSPS) is 13.7. The fraction of sp³-hybridized carbons (Fsp3) is 0.245. The summed E-state index contributed by atoms with van der Waals surface area (Å²) in [6, 6.07) is 47.8. The molecule has 0 saturated carbocycles. The summed E-state index contributed by atoms with van der Waals surface area (Å²) in [5.74, 6) is 0. The van der Waals surface area contributed by atoms with Gasteiger partial charge < -0.3 is 13.8 Å². The number of hydrogen-bond acceptors (Lipinski definition) is 2. The molecule has 2 aromatic heterocycles. The molecule has 0 fully saturated rings. The van der Waals surface area contributed by atoms with Gasteiger partial charge in [-0.15, -0.1) is 0 Å². The molecule has 8 aromatic rings. The fourth-order valence-corrected chi connectivity index (χ4v) is 9.46. The topological polar surface area (TPSA) is 21.3 Å². The van der Waals surface area contributed by atoms with E-state index < -0.39 is 0 Å². The highest BCUT2D eigenvalue weighted by Gasteiger charge is 2.48. The third kappa shape index (κ3) is 5.33. The third-order valence-electron chi connectivity index (χ3n) is 12.6. The lowest BCUT2D eigenvalue weighted by molar-refractivity contribution is 0.589. The zero-order valence-corrected chi connectivity index (χ0v) is 35.0. The van der Waals surface area contributed by atoms with E-state index in [1.807, 2.05) is 0 Å². The summed E-state index contributed by atoms with van der Waals surface area (Å²) in [7, 11) is 0. The second-order valence-corrected chi connectivity index (χ2v) is 19.5. The number of hydrogen-bond donors (Lipinski definition) is 0. The Morgan fingerprint density at radius 1 is 0.544 bits per heavy atom. The molecule has 0 spiro atoms. The van der Waals surface area contributed by atoms with Gasteiger partial charge >= 0.3 is 6.85 Å². The third-order valence-corrected chi connectivity index (χ3v) is 12.6. The number of furan rings is 1. The van der Waals surface area contributed by atoms with E-state index in [-0.39, 0.29) is 23.1 Å². The van der Waals surface area contributed by atoms with E-state index in [0.29, 0.717) is 0 Å². The molecule has 0 radical (unpaired) electrons. The van der Waals surface area contributed by atoms with Gasteiger partial charge in [0.1, 0.15) is 11.2 Å². The number of aromatic nitrogens is 1. The van der Waals surface area contributed by atoms with Crippen molar-refractivity contribution in [3.63, 3.8) is 0 Å². The molecule has 4 heteroatoms. The van der Waals surface area contributed by atoms with E-state index >= 15 is 0 Å². The van der Waals surface area contributed by atoms with Gasteiger partial charge in [-0.1, -0.05) is 147 Å². The van der Waals surface area contributed by atoms with Gasteiger partial charge in [0.15, 0.2) is 0 Å². The monoisotopic (exact) mass is 742 g/mol. The van der Waals surface area contributed by atoms with Crippen molar-refractivity contribution in [1.29, 1.82) is 0 Å². The van der Waals surface area contributed by atoms with E-state index in [0.717, 1.165) is 28.0 Å². The Bertz CT molecular complexity index is 2910. The lowest BCUT2D eigenvalue weighted by Crippen LogP contribution is -2.56. The average Bonchev–Trinajstić information content (AvgIpc) is 3.72. The molecule has 2 aliphatic rings. The minimum absolute atomic E-state index is 0.0429. The number of anilines is 3. The summed E-state index contributed by atoms with van der Waals surface area (Å²) in [6.07, 6.45) is 0. The summed E-state index contributed by atoms with van der Waals surface area (Å²) < 4.78 is 9.92. The highest BCUT2D eigenvalue weighted by molar-refractivity contribution is 6.89. The number of rotatable bonds is 3. The predicted octanol–water partition coefficient (Wildman–Crippen LogP) is 13.3. The van der Waals surface area contributed by atoms with Crippen LogP contribution in [-0.2, 0) is 16.2 Å². The van der Waals surface area contributed by atoms with Gasteiger partial charge in [-0.3, -0.25) is 0 Å². The maximum absolute atomic E-state index is 7.26. The van der Waals surface area contributed by atoms with Gasteiger partial charge in [0.25, 0.3) is 0 Å². The molecular formula is C53H51BN2O. The van der Waals surface area contributed by atoms with Crippen LogP contribution in [0, 0.1) is 6.92 Å². The number of fused-ring (bicyclic) bond motifs is 6. The van der Waals surface area contributed by atoms with E-state index in [4.69, 9.17) is 4.42 Å². The smallest absolute Gasteiger partial charge is 0.376 e. The maximum Gasteiger partial charge on any atom is 0.376 e.